The number of hydrogen-bond acceptors (Lipinski definition) is 4. The summed E-state index contributed by atoms with van der Waals surface area (Å²) in [7, 11) is 0. The number of hydrogen-bond donors (Lipinski definition) is 2. The molecule has 3 N–H and O–H groups in total. The average molecular weight is 300 g/mol. The maximum atomic E-state index is 13.1. The van der Waals surface area contributed by atoms with E-state index in [1.807, 2.05) is 6.92 Å². The normalized spacial score (nSPS) is 13.4. The van der Waals surface area contributed by atoms with Crippen molar-refractivity contribution in [3.8, 4) is 0 Å². The first kappa shape index (κ1) is 16.9. The molecule has 0 aromatic heterocycles. The van der Waals surface area contributed by atoms with Crippen LogP contribution >= 0.6 is 0 Å². The fourth-order valence-corrected chi connectivity index (χ4v) is 1.48. The van der Waals surface area contributed by atoms with Crippen LogP contribution in [0.15, 0.2) is 12.1 Å². The highest BCUT2D eigenvalue weighted by Gasteiger charge is 2.22. The lowest BCUT2D eigenvalue weighted by atomic mass is 10.1. The molecule has 0 aliphatic carbocycles. The van der Waals surface area contributed by atoms with Gasteiger partial charge in [-0.1, -0.05) is 6.92 Å². The highest BCUT2D eigenvalue weighted by Crippen LogP contribution is 2.18. The summed E-state index contributed by atoms with van der Waals surface area (Å²) >= 11 is 0. The fraction of sp³-hybridized carbons (Fsp3) is 0.429. The van der Waals surface area contributed by atoms with Crippen LogP contribution in [0.2, 0.25) is 0 Å². The summed E-state index contributed by atoms with van der Waals surface area (Å²) in [5.74, 6) is -3.84. The number of halogens is 2. The molecular weight excluding hydrogens is 282 g/mol. The van der Waals surface area contributed by atoms with Gasteiger partial charge in [-0.2, -0.15) is 0 Å². The first-order valence-corrected chi connectivity index (χ1v) is 6.52. The highest BCUT2D eigenvalue weighted by atomic mass is 19.2. The second-order valence-electron chi connectivity index (χ2n) is 4.72. The quantitative estimate of drug-likeness (QED) is 0.644. The van der Waals surface area contributed by atoms with Gasteiger partial charge in [0.25, 0.3) is 5.91 Å². The molecule has 1 rings (SSSR count). The predicted molar refractivity (Wildman–Crippen MR) is 73.5 cm³/mol. The number of nitrogens with two attached hydrogens (primary N) is 1. The molecule has 7 heteroatoms. The number of nitrogens with one attached hydrogen (secondary N) is 1. The van der Waals surface area contributed by atoms with Crippen molar-refractivity contribution in [3.63, 3.8) is 0 Å². The van der Waals surface area contributed by atoms with Crippen LogP contribution in [0, 0.1) is 11.6 Å². The van der Waals surface area contributed by atoms with Gasteiger partial charge in [-0.3, -0.25) is 4.79 Å². The van der Waals surface area contributed by atoms with E-state index in [1.54, 1.807) is 6.92 Å². The van der Waals surface area contributed by atoms with Crippen LogP contribution in [0.1, 0.15) is 37.6 Å². The highest BCUT2D eigenvalue weighted by molar-refractivity contribution is 5.96. The van der Waals surface area contributed by atoms with Crippen LogP contribution in [0.25, 0.3) is 0 Å². The number of amides is 1. The Balaban J connectivity index is 2.77. The minimum atomic E-state index is -1.21. The fourth-order valence-electron chi connectivity index (χ4n) is 1.48. The zero-order valence-electron chi connectivity index (χ0n) is 12.1. The van der Waals surface area contributed by atoms with Gasteiger partial charge in [0.15, 0.2) is 17.7 Å². The van der Waals surface area contributed by atoms with Crippen molar-refractivity contribution in [2.45, 2.75) is 39.3 Å². The smallest absolute Gasteiger partial charge is 0.341 e. The van der Waals surface area contributed by atoms with Gasteiger partial charge in [0.05, 0.1) is 5.56 Å². The number of nitrogen functional groups attached to an aromatic ring is 1. The van der Waals surface area contributed by atoms with Crippen molar-refractivity contribution >= 4 is 17.6 Å². The molecule has 0 heterocycles. The summed E-state index contributed by atoms with van der Waals surface area (Å²) in [5.41, 5.74) is 4.86. The van der Waals surface area contributed by atoms with Crippen LogP contribution in [-0.2, 0) is 9.53 Å². The predicted octanol–water partition coefficient (Wildman–Crippen LogP) is 2.01. The first-order valence-electron chi connectivity index (χ1n) is 6.52. The van der Waals surface area contributed by atoms with Gasteiger partial charge in [0, 0.05) is 17.8 Å². The molecule has 0 fully saturated rings. The maximum absolute atomic E-state index is 13.1. The Morgan fingerprint density at radius 1 is 1.29 bits per heavy atom. The number of rotatable bonds is 5. The average Bonchev–Trinajstić information content (AvgIpc) is 2.42. The van der Waals surface area contributed by atoms with Gasteiger partial charge < -0.3 is 15.8 Å². The summed E-state index contributed by atoms with van der Waals surface area (Å²) in [5, 5.41) is 2.64. The Labute approximate surface area is 121 Å². The third-order valence-corrected chi connectivity index (χ3v) is 2.97. The van der Waals surface area contributed by atoms with Crippen molar-refractivity contribution < 1.29 is 23.1 Å². The minimum Gasteiger partial charge on any atom is -0.449 e. The zero-order valence-corrected chi connectivity index (χ0v) is 12.1. The monoisotopic (exact) mass is 300 g/mol. The van der Waals surface area contributed by atoms with E-state index in [9.17, 15) is 18.4 Å². The van der Waals surface area contributed by atoms with E-state index >= 15 is 0 Å². The van der Waals surface area contributed by atoms with Crippen molar-refractivity contribution in [3.05, 3.63) is 29.3 Å². The van der Waals surface area contributed by atoms with Crippen molar-refractivity contribution in [1.29, 1.82) is 0 Å². The molecule has 0 saturated carbocycles. The van der Waals surface area contributed by atoms with Gasteiger partial charge in [-0.05, 0) is 26.3 Å². The number of anilines is 1. The summed E-state index contributed by atoms with van der Waals surface area (Å²) in [4.78, 5) is 23.6. The molecule has 1 aromatic rings. The van der Waals surface area contributed by atoms with Crippen LogP contribution < -0.4 is 11.1 Å². The standard InChI is InChI=1S/C14H18F2N2O3/c1-4-7(2)18-13(19)8(3)21-14(20)9-5-10(15)11(16)6-12(9)17/h5-8H,4,17H2,1-3H3,(H,18,19). The van der Waals surface area contributed by atoms with Gasteiger partial charge in [-0.15, -0.1) is 0 Å². The molecule has 116 valence electrons. The zero-order chi connectivity index (χ0) is 16.2. The Kier molecular flexibility index (Phi) is 5.63. The van der Waals surface area contributed by atoms with E-state index in [-0.39, 0.29) is 17.3 Å². The van der Waals surface area contributed by atoms with Crippen LogP contribution in [0.5, 0.6) is 0 Å². The van der Waals surface area contributed by atoms with E-state index in [2.05, 4.69) is 5.32 Å². The van der Waals surface area contributed by atoms with E-state index in [4.69, 9.17) is 10.5 Å². The Morgan fingerprint density at radius 2 is 1.86 bits per heavy atom. The van der Waals surface area contributed by atoms with E-state index in [0.717, 1.165) is 6.42 Å². The number of esters is 1. The third kappa shape index (κ3) is 4.40. The molecule has 0 bridgehead atoms. The molecule has 2 atom stereocenters. The molecule has 1 amide bonds. The Morgan fingerprint density at radius 3 is 2.43 bits per heavy atom. The number of carbonyl (C=O) groups is 2. The van der Waals surface area contributed by atoms with Crippen LogP contribution in [0.4, 0.5) is 14.5 Å². The molecular formula is C14H18F2N2O3. The van der Waals surface area contributed by atoms with Crippen molar-refractivity contribution in [2.75, 3.05) is 5.73 Å². The summed E-state index contributed by atoms with van der Waals surface area (Å²) < 4.78 is 30.9. The molecule has 0 aliphatic rings. The molecule has 0 aliphatic heterocycles. The SMILES string of the molecule is CCC(C)NC(=O)C(C)OC(=O)c1cc(F)c(F)cc1N. The lowest BCUT2D eigenvalue weighted by Gasteiger charge is -2.17. The van der Waals surface area contributed by atoms with Crippen molar-refractivity contribution in [2.24, 2.45) is 0 Å². The molecule has 0 radical (unpaired) electrons. The summed E-state index contributed by atoms with van der Waals surface area (Å²) in [6.45, 7) is 5.08. The molecule has 21 heavy (non-hydrogen) atoms. The second-order valence-corrected chi connectivity index (χ2v) is 4.72. The lowest BCUT2D eigenvalue weighted by Crippen LogP contribution is -2.40. The summed E-state index contributed by atoms with van der Waals surface area (Å²) in [6, 6.07) is 1.27. The third-order valence-electron chi connectivity index (χ3n) is 2.97. The molecule has 2 unspecified atom stereocenters. The van der Waals surface area contributed by atoms with Gasteiger partial charge in [0.2, 0.25) is 0 Å². The minimum absolute atomic E-state index is 0.0630. The van der Waals surface area contributed by atoms with E-state index < -0.39 is 29.6 Å². The lowest BCUT2D eigenvalue weighted by molar-refractivity contribution is -0.129. The van der Waals surface area contributed by atoms with Gasteiger partial charge in [-0.25, -0.2) is 13.6 Å². The molecule has 5 nitrogen and oxygen atoms in total. The number of benzene rings is 1. The van der Waals surface area contributed by atoms with E-state index in [1.165, 1.54) is 6.92 Å². The largest absolute Gasteiger partial charge is 0.449 e. The molecule has 0 spiro atoms. The van der Waals surface area contributed by atoms with Crippen LogP contribution in [0.3, 0.4) is 0 Å². The number of carbonyl (C=O) groups excluding carboxylic acids is 2. The van der Waals surface area contributed by atoms with E-state index in [0.29, 0.717) is 12.1 Å². The topological polar surface area (TPSA) is 81.4 Å². The number of ether oxygens (including phenoxy) is 1. The van der Waals surface area contributed by atoms with Crippen molar-refractivity contribution in [1.82, 2.24) is 5.32 Å². The second kappa shape index (κ2) is 7.01. The summed E-state index contributed by atoms with van der Waals surface area (Å²) in [6.07, 6.45) is -0.346. The van der Waals surface area contributed by atoms with Crippen LogP contribution in [-0.4, -0.2) is 24.0 Å². The molecule has 0 saturated heterocycles. The van der Waals surface area contributed by atoms with Gasteiger partial charge in [0.1, 0.15) is 0 Å². The first-order chi connectivity index (χ1) is 9.76. The maximum Gasteiger partial charge on any atom is 0.341 e. The molecule has 1 aromatic carbocycles. The Bertz CT molecular complexity index is 549. The van der Waals surface area contributed by atoms with Gasteiger partial charge >= 0.3 is 5.97 Å². The Hall–Kier alpha value is -2.18.